The van der Waals surface area contributed by atoms with Crippen LogP contribution >= 0.6 is 11.8 Å². The zero-order valence-corrected chi connectivity index (χ0v) is 25.1. The minimum atomic E-state index is -1.03. The van der Waals surface area contributed by atoms with Crippen LogP contribution < -0.4 is 0 Å². The summed E-state index contributed by atoms with van der Waals surface area (Å²) in [6.07, 6.45) is 0. The molecule has 0 bridgehead atoms. The third-order valence-electron chi connectivity index (χ3n) is 7.38. The van der Waals surface area contributed by atoms with E-state index in [4.69, 9.17) is 5.26 Å². The van der Waals surface area contributed by atoms with Gasteiger partial charge < -0.3 is 15.1 Å². The number of rotatable bonds is 9. The summed E-state index contributed by atoms with van der Waals surface area (Å²) in [5.41, 5.74) is 2.71. The molecule has 12 heteroatoms. The predicted molar refractivity (Wildman–Crippen MR) is 164 cm³/mol. The molecule has 1 aromatic carbocycles. The highest BCUT2D eigenvalue weighted by molar-refractivity contribution is 8.03. The summed E-state index contributed by atoms with van der Waals surface area (Å²) in [4.78, 5) is 41.9. The molecule has 1 aliphatic heterocycles. The van der Waals surface area contributed by atoms with E-state index >= 15 is 0 Å². The van der Waals surface area contributed by atoms with E-state index in [1.54, 1.807) is 12.1 Å². The molecule has 0 unspecified atom stereocenters. The van der Waals surface area contributed by atoms with Gasteiger partial charge in [0.25, 0.3) is 0 Å². The molecule has 0 spiro atoms. The summed E-state index contributed by atoms with van der Waals surface area (Å²) in [7, 11) is 2.09. The van der Waals surface area contributed by atoms with Crippen molar-refractivity contribution in [3.8, 4) is 5.40 Å². The van der Waals surface area contributed by atoms with E-state index in [0.29, 0.717) is 13.1 Å². The van der Waals surface area contributed by atoms with Gasteiger partial charge in [-0.15, -0.1) is 0 Å². The molecule has 0 saturated carbocycles. The molecule has 3 aromatic rings. The number of thiocyanates is 1. The molecule has 0 amide bonds. The smallest absolute Gasteiger partial charge is 0.354 e. The van der Waals surface area contributed by atoms with Crippen LogP contribution in [-0.2, 0) is 19.6 Å². The molecule has 4 rings (SSSR count). The number of nitrogens with zero attached hydrogens (tertiary/aromatic N) is 7. The van der Waals surface area contributed by atoms with Crippen LogP contribution in [0.1, 0.15) is 37.9 Å². The normalized spacial score (nSPS) is 16.6. The molecular formula is C31H37N7O4S. The van der Waals surface area contributed by atoms with Gasteiger partial charge in [0.1, 0.15) is 16.8 Å². The van der Waals surface area contributed by atoms with Gasteiger partial charge in [-0.25, -0.2) is 19.6 Å². The lowest BCUT2D eigenvalue weighted by molar-refractivity contribution is 0.0679. The van der Waals surface area contributed by atoms with Crippen LogP contribution in [0.5, 0.6) is 0 Å². The largest absolute Gasteiger partial charge is 0.477 e. The van der Waals surface area contributed by atoms with Crippen molar-refractivity contribution in [1.29, 1.82) is 5.26 Å². The Morgan fingerprint density at radius 3 is 1.60 bits per heavy atom. The molecule has 0 radical (unpaired) electrons. The van der Waals surface area contributed by atoms with Crippen LogP contribution in [0.3, 0.4) is 0 Å². The Hall–Kier alpha value is -3.86. The van der Waals surface area contributed by atoms with Gasteiger partial charge in [-0.1, -0.05) is 24.3 Å². The molecule has 0 atom stereocenters. The Kier molecular flexibility index (Phi) is 12.0. The number of aromatic nitrogens is 2. The van der Waals surface area contributed by atoms with E-state index in [1.807, 2.05) is 24.3 Å². The fourth-order valence-electron chi connectivity index (χ4n) is 4.92. The van der Waals surface area contributed by atoms with Gasteiger partial charge in [0, 0.05) is 76.9 Å². The molecule has 43 heavy (non-hydrogen) atoms. The van der Waals surface area contributed by atoms with Crippen LogP contribution in [-0.4, -0.2) is 111 Å². The third kappa shape index (κ3) is 10.4. The molecule has 2 N–H and O–H groups in total. The fourth-order valence-corrected chi connectivity index (χ4v) is 5.29. The first-order valence-electron chi connectivity index (χ1n) is 14.2. The van der Waals surface area contributed by atoms with E-state index < -0.39 is 11.9 Å². The standard InChI is InChI=1S/C31H37N7O4S/c1-35-12-14-37(21-25-4-2-6-28(33-25)30(39)40)18-16-36(20-24-8-10-27(11-9-24)43-23-32)17-19-38(15-13-35)22-26-5-3-7-29(34-26)31(41)42/h2-11H,12-22H2,1H3,(H,39,40)(H,41,42). The first kappa shape index (κ1) is 32.1. The van der Waals surface area contributed by atoms with Gasteiger partial charge in [-0.05, 0) is 60.8 Å². The highest BCUT2D eigenvalue weighted by atomic mass is 32.2. The zero-order valence-electron chi connectivity index (χ0n) is 24.3. The summed E-state index contributed by atoms with van der Waals surface area (Å²) in [6.45, 7) is 8.23. The third-order valence-corrected chi connectivity index (χ3v) is 7.98. The molecule has 1 aliphatic rings. The minimum Gasteiger partial charge on any atom is -0.477 e. The molecule has 1 saturated heterocycles. The second-order valence-corrected chi connectivity index (χ2v) is 11.5. The fraction of sp³-hybridized carbons (Fsp3) is 0.387. The van der Waals surface area contributed by atoms with E-state index in [2.05, 4.69) is 54.1 Å². The second kappa shape index (κ2) is 16.1. The van der Waals surface area contributed by atoms with Crippen LogP contribution in [0.2, 0.25) is 0 Å². The highest BCUT2D eigenvalue weighted by Gasteiger charge is 2.18. The molecule has 226 valence electrons. The van der Waals surface area contributed by atoms with Crippen molar-refractivity contribution in [2.45, 2.75) is 24.5 Å². The number of likely N-dealkylation sites (N-methyl/N-ethyl adjacent to an activating group) is 1. The van der Waals surface area contributed by atoms with Crippen molar-refractivity contribution in [2.75, 3.05) is 59.4 Å². The topological polar surface area (TPSA) is 137 Å². The maximum absolute atomic E-state index is 11.5. The molecule has 2 aromatic heterocycles. The lowest BCUT2D eigenvalue weighted by Gasteiger charge is -2.33. The lowest BCUT2D eigenvalue weighted by Crippen LogP contribution is -2.44. The number of carboxylic acid groups (broad SMARTS) is 2. The number of nitriles is 1. The van der Waals surface area contributed by atoms with Gasteiger partial charge >= 0.3 is 11.9 Å². The minimum absolute atomic E-state index is 0.0482. The number of pyridine rings is 2. The molecule has 0 aliphatic carbocycles. The maximum atomic E-state index is 11.5. The average Bonchev–Trinajstić information content (AvgIpc) is 3.00. The number of carbonyl (C=O) groups is 2. The van der Waals surface area contributed by atoms with E-state index in [-0.39, 0.29) is 11.4 Å². The number of hydrogen-bond donors (Lipinski definition) is 2. The van der Waals surface area contributed by atoms with Crippen molar-refractivity contribution in [3.63, 3.8) is 0 Å². The molecular weight excluding hydrogens is 566 g/mol. The summed E-state index contributed by atoms with van der Waals surface area (Å²) >= 11 is 1.14. The quantitative estimate of drug-likeness (QED) is 0.274. The maximum Gasteiger partial charge on any atom is 0.354 e. The summed E-state index contributed by atoms with van der Waals surface area (Å²) in [5, 5.41) is 29.9. The number of carboxylic acids is 2. The van der Waals surface area contributed by atoms with Crippen LogP contribution in [0.25, 0.3) is 0 Å². The first-order valence-corrected chi connectivity index (χ1v) is 15.0. The predicted octanol–water partition coefficient (Wildman–Crippen LogP) is 3.20. The van der Waals surface area contributed by atoms with Crippen molar-refractivity contribution < 1.29 is 19.8 Å². The van der Waals surface area contributed by atoms with Crippen LogP contribution in [0.4, 0.5) is 0 Å². The van der Waals surface area contributed by atoms with Gasteiger partial charge in [0.2, 0.25) is 0 Å². The van der Waals surface area contributed by atoms with Crippen molar-refractivity contribution in [2.24, 2.45) is 0 Å². The Morgan fingerprint density at radius 1 is 0.721 bits per heavy atom. The lowest BCUT2D eigenvalue weighted by atomic mass is 10.2. The number of hydrogen-bond acceptors (Lipinski definition) is 10. The van der Waals surface area contributed by atoms with E-state index in [9.17, 15) is 19.8 Å². The number of thioether (sulfide) groups is 1. The van der Waals surface area contributed by atoms with Crippen molar-refractivity contribution in [3.05, 3.63) is 89.0 Å². The Labute approximate surface area is 256 Å². The SMILES string of the molecule is CN1CCN(Cc2cccc(C(=O)O)n2)CCN(Cc2ccc(SC#N)cc2)CCN(Cc2cccc(C(=O)O)n2)CC1. The van der Waals surface area contributed by atoms with Crippen LogP contribution in [0, 0.1) is 10.7 Å². The second-order valence-electron chi connectivity index (χ2n) is 10.6. The van der Waals surface area contributed by atoms with Crippen molar-refractivity contribution >= 4 is 23.7 Å². The average molecular weight is 604 g/mol. The van der Waals surface area contributed by atoms with Crippen molar-refractivity contribution in [1.82, 2.24) is 29.6 Å². The van der Waals surface area contributed by atoms with Gasteiger partial charge in [-0.2, -0.15) is 5.26 Å². The molecule has 1 fully saturated rings. The van der Waals surface area contributed by atoms with Crippen LogP contribution in [0.15, 0.2) is 65.6 Å². The van der Waals surface area contributed by atoms with E-state index in [1.165, 1.54) is 12.1 Å². The highest BCUT2D eigenvalue weighted by Crippen LogP contribution is 2.18. The van der Waals surface area contributed by atoms with Gasteiger partial charge in [-0.3, -0.25) is 14.7 Å². The summed E-state index contributed by atoms with van der Waals surface area (Å²) < 4.78 is 0. The summed E-state index contributed by atoms with van der Waals surface area (Å²) in [5.74, 6) is -2.06. The zero-order chi connectivity index (χ0) is 30.6. The molecule has 11 nitrogen and oxygen atoms in total. The van der Waals surface area contributed by atoms with E-state index in [0.717, 1.165) is 92.5 Å². The monoisotopic (exact) mass is 603 g/mol. The Bertz CT molecular complexity index is 1340. The van der Waals surface area contributed by atoms with Gasteiger partial charge in [0.15, 0.2) is 0 Å². The number of benzene rings is 1. The number of aromatic carboxylic acids is 2. The van der Waals surface area contributed by atoms with Gasteiger partial charge in [0.05, 0.1) is 11.4 Å². The summed E-state index contributed by atoms with van der Waals surface area (Å²) in [6, 6.07) is 18.3. The molecule has 3 heterocycles. The Morgan fingerprint density at radius 2 is 1.16 bits per heavy atom. The first-order chi connectivity index (χ1) is 20.8. The Balaban J connectivity index is 1.51.